The van der Waals surface area contributed by atoms with E-state index in [1.165, 1.54) is 4.88 Å². The summed E-state index contributed by atoms with van der Waals surface area (Å²) in [5, 5.41) is 7.94. The zero-order valence-corrected chi connectivity index (χ0v) is 11.7. The topological polar surface area (TPSA) is 64.9 Å². The number of aryl methyl sites for hydroxylation is 2. The number of aromatic nitrogens is 4. The molecule has 0 aliphatic rings. The Kier molecular flexibility index (Phi) is 2.83. The molecule has 0 unspecified atom stereocenters. The van der Waals surface area contributed by atoms with Crippen LogP contribution in [0.5, 0.6) is 11.6 Å². The lowest BCUT2D eigenvalue weighted by atomic mass is 10.3. The van der Waals surface area contributed by atoms with Gasteiger partial charge in [0, 0.05) is 19.0 Å². The van der Waals surface area contributed by atoms with Gasteiger partial charge in [0.15, 0.2) is 5.75 Å². The Hall–Kier alpha value is -2.15. The summed E-state index contributed by atoms with van der Waals surface area (Å²) in [6.45, 7) is 2.04. The number of thiophene rings is 1. The molecular formula is C12H13N5OS. The predicted molar refractivity (Wildman–Crippen MR) is 75.0 cm³/mol. The number of nitrogens with one attached hydrogen (secondary N) is 1. The van der Waals surface area contributed by atoms with Crippen LogP contribution in [0, 0.1) is 6.92 Å². The van der Waals surface area contributed by atoms with Crippen LogP contribution < -0.4 is 10.1 Å². The monoisotopic (exact) mass is 275 g/mol. The van der Waals surface area contributed by atoms with Crippen LogP contribution >= 0.6 is 11.3 Å². The number of hydrogen-bond donors (Lipinski definition) is 1. The van der Waals surface area contributed by atoms with Crippen LogP contribution in [-0.2, 0) is 7.05 Å². The van der Waals surface area contributed by atoms with Crippen molar-refractivity contribution in [3.05, 3.63) is 23.3 Å². The zero-order chi connectivity index (χ0) is 13.4. The van der Waals surface area contributed by atoms with E-state index in [1.807, 2.05) is 20.0 Å². The Labute approximate surface area is 114 Å². The van der Waals surface area contributed by atoms with Gasteiger partial charge in [-0.15, -0.1) is 11.3 Å². The highest BCUT2D eigenvalue weighted by molar-refractivity contribution is 7.18. The molecule has 0 amide bonds. The Morgan fingerprint density at radius 1 is 1.37 bits per heavy atom. The molecule has 7 heteroatoms. The summed E-state index contributed by atoms with van der Waals surface area (Å²) in [4.78, 5) is 10.9. The fourth-order valence-corrected chi connectivity index (χ4v) is 2.64. The Bertz CT molecular complexity index is 733. The minimum absolute atomic E-state index is 0.548. The van der Waals surface area contributed by atoms with Crippen molar-refractivity contribution >= 4 is 27.5 Å². The molecule has 3 aromatic rings. The molecule has 0 aliphatic carbocycles. The van der Waals surface area contributed by atoms with Crippen LogP contribution in [-0.4, -0.2) is 26.8 Å². The van der Waals surface area contributed by atoms with Crippen molar-refractivity contribution in [2.24, 2.45) is 7.05 Å². The van der Waals surface area contributed by atoms with E-state index >= 15 is 0 Å². The van der Waals surface area contributed by atoms with Gasteiger partial charge in [-0.25, -0.2) is 4.98 Å². The molecule has 0 saturated heterocycles. The third-order valence-corrected chi connectivity index (χ3v) is 3.54. The normalized spacial score (nSPS) is 10.9. The van der Waals surface area contributed by atoms with E-state index in [2.05, 4.69) is 20.4 Å². The highest BCUT2D eigenvalue weighted by Crippen LogP contribution is 2.33. The smallest absolute Gasteiger partial charge is 0.233 e. The van der Waals surface area contributed by atoms with Crippen molar-refractivity contribution in [2.45, 2.75) is 6.92 Å². The molecule has 6 nitrogen and oxygen atoms in total. The molecule has 19 heavy (non-hydrogen) atoms. The first-order valence-electron chi connectivity index (χ1n) is 5.78. The Balaban J connectivity index is 2.09. The second-order valence-electron chi connectivity index (χ2n) is 4.13. The van der Waals surface area contributed by atoms with E-state index in [1.54, 1.807) is 35.5 Å². The van der Waals surface area contributed by atoms with Crippen molar-refractivity contribution in [3.63, 3.8) is 0 Å². The van der Waals surface area contributed by atoms with Gasteiger partial charge in [-0.2, -0.15) is 10.1 Å². The van der Waals surface area contributed by atoms with Crippen LogP contribution in [0.25, 0.3) is 10.2 Å². The number of hydrogen-bond acceptors (Lipinski definition) is 6. The average Bonchev–Trinajstić information content (AvgIpc) is 2.94. The lowest BCUT2D eigenvalue weighted by Crippen LogP contribution is -1.98. The van der Waals surface area contributed by atoms with Gasteiger partial charge >= 0.3 is 0 Å². The molecule has 3 aromatic heterocycles. The van der Waals surface area contributed by atoms with Gasteiger partial charge < -0.3 is 10.1 Å². The quantitative estimate of drug-likeness (QED) is 0.796. The number of rotatable bonds is 3. The molecule has 0 radical (unpaired) electrons. The molecule has 0 bridgehead atoms. The standard InChI is InChI=1S/C12H13N5OS/c1-7-4-9-10(18-8-5-14-17(3)6-8)15-12(13-2)16-11(9)19-7/h4-6H,1-3H3,(H,13,15,16). The van der Waals surface area contributed by atoms with Gasteiger partial charge in [-0.3, -0.25) is 4.68 Å². The van der Waals surface area contributed by atoms with Crippen molar-refractivity contribution in [2.75, 3.05) is 12.4 Å². The molecule has 3 heterocycles. The number of ether oxygens (including phenoxy) is 1. The van der Waals surface area contributed by atoms with Crippen LogP contribution in [0.15, 0.2) is 18.5 Å². The largest absolute Gasteiger partial charge is 0.435 e. The van der Waals surface area contributed by atoms with E-state index in [4.69, 9.17) is 4.74 Å². The first kappa shape index (κ1) is 11.9. The third-order valence-electron chi connectivity index (χ3n) is 2.60. The molecule has 1 N–H and O–H groups in total. The highest BCUT2D eigenvalue weighted by Gasteiger charge is 2.12. The molecule has 0 aliphatic heterocycles. The average molecular weight is 275 g/mol. The summed E-state index contributed by atoms with van der Waals surface area (Å²) in [5.41, 5.74) is 0. The molecule has 0 fully saturated rings. The van der Waals surface area contributed by atoms with E-state index in [-0.39, 0.29) is 0 Å². The molecule has 0 atom stereocenters. The third kappa shape index (κ3) is 2.24. The van der Waals surface area contributed by atoms with E-state index in [0.29, 0.717) is 17.6 Å². The molecule has 3 rings (SSSR count). The molecule has 0 aromatic carbocycles. The van der Waals surface area contributed by atoms with E-state index < -0.39 is 0 Å². The van der Waals surface area contributed by atoms with Gasteiger partial charge in [-0.1, -0.05) is 0 Å². The summed E-state index contributed by atoms with van der Waals surface area (Å²) in [7, 11) is 3.63. The van der Waals surface area contributed by atoms with Gasteiger partial charge in [0.2, 0.25) is 11.8 Å². The number of anilines is 1. The number of fused-ring (bicyclic) bond motifs is 1. The fourth-order valence-electron chi connectivity index (χ4n) is 1.77. The Morgan fingerprint density at radius 3 is 2.89 bits per heavy atom. The van der Waals surface area contributed by atoms with Crippen LogP contribution in [0.2, 0.25) is 0 Å². The maximum atomic E-state index is 5.80. The van der Waals surface area contributed by atoms with Crippen molar-refractivity contribution in [3.8, 4) is 11.6 Å². The highest BCUT2D eigenvalue weighted by atomic mass is 32.1. The minimum Gasteiger partial charge on any atom is -0.435 e. The van der Waals surface area contributed by atoms with Gasteiger partial charge in [0.05, 0.1) is 17.8 Å². The summed E-state index contributed by atoms with van der Waals surface area (Å²) in [6.07, 6.45) is 3.46. The lowest BCUT2D eigenvalue weighted by Gasteiger charge is -2.05. The minimum atomic E-state index is 0.548. The van der Waals surface area contributed by atoms with Crippen molar-refractivity contribution < 1.29 is 4.74 Å². The summed E-state index contributed by atoms with van der Waals surface area (Å²) in [5.74, 6) is 1.76. The first-order chi connectivity index (χ1) is 9.15. The second kappa shape index (κ2) is 4.51. The van der Waals surface area contributed by atoms with Gasteiger partial charge in [-0.05, 0) is 13.0 Å². The maximum absolute atomic E-state index is 5.80. The summed E-state index contributed by atoms with van der Waals surface area (Å²) >= 11 is 1.62. The van der Waals surface area contributed by atoms with E-state index in [0.717, 1.165) is 10.2 Å². The van der Waals surface area contributed by atoms with Crippen LogP contribution in [0.1, 0.15) is 4.88 Å². The van der Waals surface area contributed by atoms with Crippen LogP contribution in [0.4, 0.5) is 5.95 Å². The van der Waals surface area contributed by atoms with Gasteiger partial charge in [0.1, 0.15) is 4.83 Å². The maximum Gasteiger partial charge on any atom is 0.233 e. The molecule has 0 spiro atoms. The number of nitrogens with zero attached hydrogens (tertiary/aromatic N) is 4. The second-order valence-corrected chi connectivity index (χ2v) is 5.36. The van der Waals surface area contributed by atoms with Crippen molar-refractivity contribution in [1.29, 1.82) is 0 Å². The molecule has 0 saturated carbocycles. The Morgan fingerprint density at radius 2 is 2.21 bits per heavy atom. The van der Waals surface area contributed by atoms with Gasteiger partial charge in [0.25, 0.3) is 0 Å². The fraction of sp³-hybridized carbons (Fsp3) is 0.250. The lowest BCUT2D eigenvalue weighted by molar-refractivity contribution is 0.468. The van der Waals surface area contributed by atoms with Crippen LogP contribution in [0.3, 0.4) is 0 Å². The molecular weight excluding hydrogens is 262 g/mol. The van der Waals surface area contributed by atoms with Crippen molar-refractivity contribution in [1.82, 2.24) is 19.7 Å². The first-order valence-corrected chi connectivity index (χ1v) is 6.60. The SMILES string of the molecule is CNc1nc(Oc2cnn(C)c2)c2cc(C)sc2n1. The van der Waals surface area contributed by atoms with E-state index in [9.17, 15) is 0 Å². The molecule has 98 valence electrons. The zero-order valence-electron chi connectivity index (χ0n) is 10.8. The summed E-state index contributed by atoms with van der Waals surface area (Å²) in [6, 6.07) is 2.03. The predicted octanol–water partition coefficient (Wildman–Crippen LogP) is 2.57. The summed E-state index contributed by atoms with van der Waals surface area (Å²) < 4.78 is 7.49.